The highest BCUT2D eigenvalue weighted by Crippen LogP contribution is 2.35. The zero-order valence-corrected chi connectivity index (χ0v) is 23.0. The van der Waals surface area contributed by atoms with E-state index in [1.165, 1.54) is 17.2 Å². The maximum absolute atomic E-state index is 12.3. The van der Waals surface area contributed by atoms with Crippen LogP contribution in [0.15, 0.2) is 12.7 Å². The molecule has 0 saturated heterocycles. The lowest BCUT2D eigenvalue weighted by atomic mass is 10.0. The van der Waals surface area contributed by atoms with Crippen molar-refractivity contribution in [2.45, 2.75) is 64.4 Å². The van der Waals surface area contributed by atoms with Crippen LogP contribution in [0.5, 0.6) is 0 Å². The number of fused-ring (bicyclic) bond motifs is 1. The van der Waals surface area contributed by atoms with Crippen LogP contribution in [0.2, 0.25) is 5.15 Å². The Bertz CT molecular complexity index is 1190. The van der Waals surface area contributed by atoms with Crippen molar-refractivity contribution in [3.63, 3.8) is 0 Å². The molecular weight excluding hydrogens is 548 g/mol. The predicted octanol–water partition coefficient (Wildman–Crippen LogP) is 1.63. The number of aromatic nitrogens is 4. The average molecular weight is 575 g/mol. The van der Waals surface area contributed by atoms with Gasteiger partial charge in [-0.2, -0.15) is 0 Å². The molecule has 38 heavy (non-hydrogen) atoms. The van der Waals surface area contributed by atoms with Gasteiger partial charge in [0.1, 0.15) is 23.8 Å². The van der Waals surface area contributed by atoms with E-state index < -0.39 is 66.2 Å². The Morgan fingerprint density at radius 2 is 1.37 bits per heavy atom. The van der Waals surface area contributed by atoms with E-state index >= 15 is 0 Å². The second kappa shape index (κ2) is 13.9. The number of hydrogen-bond acceptors (Lipinski definition) is 14. The number of carbonyl (C=O) groups excluding carboxylic acids is 5. The standard InChI is InChI=1S/C22H27ClN4O10S/c1-10(28)33-7-15(34-11(2)29)17(35-12(3)30)18(36-13(4)31)19(37-14(5)32)22(38-6)27-9-26-16-20(23)24-8-25-21(16)27/h8-9,15,17-19,22H,7H2,1-6H3/t15-,17+,18+,19+,22+/m1/s1. The fourth-order valence-corrected chi connectivity index (χ4v) is 4.60. The van der Waals surface area contributed by atoms with Crippen molar-refractivity contribution in [2.75, 3.05) is 12.9 Å². The fraction of sp³-hybridized carbons (Fsp3) is 0.545. The normalized spacial score (nSPS) is 14.9. The highest BCUT2D eigenvalue weighted by Gasteiger charge is 2.47. The zero-order chi connectivity index (χ0) is 28.6. The first-order valence-electron chi connectivity index (χ1n) is 11.0. The van der Waals surface area contributed by atoms with Crippen LogP contribution in [-0.4, -0.2) is 86.6 Å². The van der Waals surface area contributed by atoms with Crippen molar-refractivity contribution >= 4 is 64.4 Å². The van der Waals surface area contributed by atoms with Gasteiger partial charge in [0.25, 0.3) is 0 Å². The lowest BCUT2D eigenvalue weighted by Crippen LogP contribution is -2.54. The monoisotopic (exact) mass is 574 g/mol. The van der Waals surface area contributed by atoms with E-state index in [-0.39, 0.29) is 16.3 Å². The summed E-state index contributed by atoms with van der Waals surface area (Å²) in [6.45, 7) is 4.94. The van der Waals surface area contributed by atoms with Gasteiger partial charge in [0.05, 0.1) is 6.33 Å². The molecule has 2 heterocycles. The molecule has 0 amide bonds. The molecule has 2 aromatic heterocycles. The molecule has 0 radical (unpaired) electrons. The molecule has 16 heteroatoms. The lowest BCUT2D eigenvalue weighted by molar-refractivity contribution is -0.203. The first kappa shape index (κ1) is 30.8. The summed E-state index contributed by atoms with van der Waals surface area (Å²) in [6.07, 6.45) is -1.71. The van der Waals surface area contributed by atoms with Gasteiger partial charge in [-0.05, 0) is 6.26 Å². The van der Waals surface area contributed by atoms with Gasteiger partial charge in [0, 0.05) is 34.6 Å². The molecule has 2 rings (SSSR count). The molecule has 0 aliphatic rings. The summed E-state index contributed by atoms with van der Waals surface area (Å²) in [5, 5.41) is -0.827. The van der Waals surface area contributed by atoms with Gasteiger partial charge >= 0.3 is 29.8 Å². The number of carbonyl (C=O) groups is 5. The molecule has 208 valence electrons. The van der Waals surface area contributed by atoms with Crippen molar-refractivity contribution in [2.24, 2.45) is 0 Å². The SMILES string of the molecule is CS[C@@H]([C@@H](OC(C)=O)[C@@H](OC(C)=O)[C@@H](OC(C)=O)[C@@H](COC(C)=O)OC(C)=O)n1cnc2c(Cl)ncnc21. The highest BCUT2D eigenvalue weighted by atomic mass is 35.5. The number of esters is 5. The first-order valence-corrected chi connectivity index (χ1v) is 12.7. The van der Waals surface area contributed by atoms with E-state index in [4.69, 9.17) is 35.3 Å². The van der Waals surface area contributed by atoms with Crippen LogP contribution in [0.25, 0.3) is 11.2 Å². The third-order valence-electron chi connectivity index (χ3n) is 4.80. The minimum Gasteiger partial charge on any atom is -0.462 e. The number of imidazole rings is 1. The largest absolute Gasteiger partial charge is 0.462 e. The molecule has 0 N–H and O–H groups in total. The van der Waals surface area contributed by atoms with E-state index in [1.807, 2.05) is 0 Å². The van der Waals surface area contributed by atoms with Gasteiger partial charge in [-0.25, -0.2) is 15.0 Å². The molecule has 14 nitrogen and oxygen atoms in total. The lowest BCUT2D eigenvalue weighted by Gasteiger charge is -2.38. The molecule has 2 aromatic rings. The minimum absolute atomic E-state index is 0.0725. The third-order valence-corrected chi connectivity index (χ3v) is 6.05. The van der Waals surface area contributed by atoms with Crippen LogP contribution in [0, 0.1) is 0 Å². The number of nitrogens with zero attached hydrogens (tertiary/aromatic N) is 4. The number of hydrogen-bond donors (Lipinski definition) is 0. The van der Waals surface area contributed by atoms with Gasteiger partial charge in [-0.15, -0.1) is 11.8 Å². The van der Waals surface area contributed by atoms with E-state index in [2.05, 4.69) is 15.0 Å². The molecule has 0 aromatic carbocycles. The number of thioether (sulfide) groups is 1. The van der Waals surface area contributed by atoms with Gasteiger partial charge in [-0.1, -0.05) is 11.6 Å². The molecule has 0 bridgehead atoms. The summed E-state index contributed by atoms with van der Waals surface area (Å²) in [5.74, 6) is -3.97. The van der Waals surface area contributed by atoms with Gasteiger partial charge in [-0.3, -0.25) is 28.5 Å². The van der Waals surface area contributed by atoms with E-state index in [1.54, 1.807) is 6.26 Å². The zero-order valence-electron chi connectivity index (χ0n) is 21.4. The van der Waals surface area contributed by atoms with Gasteiger partial charge in [0.15, 0.2) is 35.2 Å². The quantitative estimate of drug-likeness (QED) is 0.203. The van der Waals surface area contributed by atoms with Gasteiger partial charge in [0.2, 0.25) is 0 Å². The number of halogens is 1. The highest BCUT2D eigenvalue weighted by molar-refractivity contribution is 7.98. The van der Waals surface area contributed by atoms with Crippen molar-refractivity contribution in [1.82, 2.24) is 19.5 Å². The summed E-state index contributed by atoms with van der Waals surface area (Å²) < 4.78 is 28.4. The molecule has 0 aliphatic heterocycles. The Balaban J connectivity index is 2.72. The Kier molecular flexibility index (Phi) is 11.3. The smallest absolute Gasteiger partial charge is 0.303 e. The van der Waals surface area contributed by atoms with Crippen LogP contribution in [0.4, 0.5) is 0 Å². The number of rotatable bonds is 12. The minimum atomic E-state index is -1.58. The van der Waals surface area contributed by atoms with E-state index in [9.17, 15) is 24.0 Å². The van der Waals surface area contributed by atoms with Crippen LogP contribution in [0.1, 0.15) is 40.0 Å². The van der Waals surface area contributed by atoms with Crippen molar-refractivity contribution in [3.05, 3.63) is 17.8 Å². The Labute approximate surface area is 226 Å². The van der Waals surface area contributed by atoms with Crippen LogP contribution in [0.3, 0.4) is 0 Å². The second-order valence-corrected chi connectivity index (χ2v) is 9.10. The molecule has 5 atom stereocenters. The molecular formula is C22H27ClN4O10S. The van der Waals surface area contributed by atoms with Gasteiger partial charge < -0.3 is 23.7 Å². The maximum atomic E-state index is 12.3. The Morgan fingerprint density at radius 3 is 1.89 bits per heavy atom. The van der Waals surface area contributed by atoms with Crippen LogP contribution in [-0.2, 0) is 47.7 Å². The molecule has 0 saturated carbocycles. The van der Waals surface area contributed by atoms with Crippen molar-refractivity contribution in [1.29, 1.82) is 0 Å². The third kappa shape index (κ3) is 8.28. The average Bonchev–Trinajstić information content (AvgIpc) is 3.23. The van der Waals surface area contributed by atoms with Crippen LogP contribution < -0.4 is 0 Å². The topological polar surface area (TPSA) is 175 Å². The Hall–Kier alpha value is -3.46. The molecule has 0 aliphatic carbocycles. The Morgan fingerprint density at radius 1 is 0.816 bits per heavy atom. The molecule has 0 fully saturated rings. The van der Waals surface area contributed by atoms with Crippen LogP contribution >= 0.6 is 23.4 Å². The summed E-state index contributed by atoms with van der Waals surface area (Å²) in [4.78, 5) is 72.3. The summed E-state index contributed by atoms with van der Waals surface area (Å²) in [7, 11) is 0. The fourth-order valence-electron chi connectivity index (χ4n) is 3.56. The predicted molar refractivity (Wildman–Crippen MR) is 132 cm³/mol. The molecule has 0 spiro atoms. The number of ether oxygens (including phenoxy) is 5. The van der Waals surface area contributed by atoms with Crippen molar-refractivity contribution in [3.8, 4) is 0 Å². The summed E-state index contributed by atoms with van der Waals surface area (Å²) in [6, 6.07) is 0. The van der Waals surface area contributed by atoms with E-state index in [0.717, 1.165) is 46.4 Å². The van der Waals surface area contributed by atoms with E-state index in [0.29, 0.717) is 0 Å². The second-order valence-electron chi connectivity index (χ2n) is 7.79. The van der Waals surface area contributed by atoms with Crippen molar-refractivity contribution < 1.29 is 47.7 Å². The molecule has 0 unspecified atom stereocenters. The summed E-state index contributed by atoms with van der Waals surface area (Å²) >= 11 is 7.29. The maximum Gasteiger partial charge on any atom is 0.303 e. The first-order chi connectivity index (χ1) is 17.8. The summed E-state index contributed by atoms with van der Waals surface area (Å²) in [5.41, 5.74) is 0.520.